The molecule has 2 rings (SSSR count). The van der Waals surface area contributed by atoms with E-state index in [1.54, 1.807) is 13.1 Å². The lowest BCUT2D eigenvalue weighted by molar-refractivity contribution is 0.0963. The van der Waals surface area contributed by atoms with E-state index in [-0.39, 0.29) is 5.91 Å². The summed E-state index contributed by atoms with van der Waals surface area (Å²) in [5.41, 5.74) is 1.66. The summed E-state index contributed by atoms with van der Waals surface area (Å²) < 4.78 is 5.70. The average Bonchev–Trinajstić information content (AvgIpc) is 3.46. The van der Waals surface area contributed by atoms with E-state index in [2.05, 4.69) is 27.4 Å². The van der Waals surface area contributed by atoms with Crippen molar-refractivity contribution >= 4 is 11.9 Å². The van der Waals surface area contributed by atoms with Crippen molar-refractivity contribution in [2.75, 3.05) is 40.4 Å². The zero-order valence-electron chi connectivity index (χ0n) is 15.5. The first-order chi connectivity index (χ1) is 12.1. The summed E-state index contributed by atoms with van der Waals surface area (Å²) in [6.07, 6.45) is 2.63. The van der Waals surface area contributed by atoms with Gasteiger partial charge < -0.3 is 20.3 Å². The Labute approximate surface area is 150 Å². The van der Waals surface area contributed by atoms with Gasteiger partial charge in [-0.05, 0) is 43.4 Å². The van der Waals surface area contributed by atoms with E-state index in [0.29, 0.717) is 18.7 Å². The molecule has 0 aromatic heterocycles. The molecule has 2 N–H and O–H groups in total. The SMILES string of the molecule is CCNC(=NCc1cccc(C(=O)NC)c1)N(C)CCOCC1CC1. The minimum absolute atomic E-state index is 0.0809. The molecule has 0 saturated heterocycles. The summed E-state index contributed by atoms with van der Waals surface area (Å²) in [6, 6.07) is 7.56. The van der Waals surface area contributed by atoms with Crippen LogP contribution in [0, 0.1) is 5.92 Å². The Kier molecular flexibility index (Phi) is 7.73. The molecule has 1 aliphatic rings. The number of carbonyl (C=O) groups excluding carboxylic acids is 1. The van der Waals surface area contributed by atoms with Gasteiger partial charge in [-0.1, -0.05) is 12.1 Å². The standard InChI is InChI=1S/C19H30N4O2/c1-4-21-19(23(3)10-11-25-14-15-8-9-15)22-13-16-6-5-7-17(12-16)18(24)20-2/h5-7,12,15H,4,8-11,13-14H2,1-3H3,(H,20,24)(H,21,22). The van der Waals surface area contributed by atoms with Gasteiger partial charge >= 0.3 is 0 Å². The first-order valence-electron chi connectivity index (χ1n) is 9.02. The van der Waals surface area contributed by atoms with E-state index in [1.165, 1.54) is 12.8 Å². The third kappa shape index (κ3) is 6.74. The highest BCUT2D eigenvalue weighted by atomic mass is 16.5. The molecule has 6 nitrogen and oxygen atoms in total. The van der Waals surface area contributed by atoms with Crippen LogP contribution >= 0.6 is 0 Å². The molecule has 6 heteroatoms. The fourth-order valence-corrected chi connectivity index (χ4v) is 2.43. The fourth-order valence-electron chi connectivity index (χ4n) is 2.43. The number of likely N-dealkylation sites (N-methyl/N-ethyl adjacent to an activating group) is 1. The Bertz CT molecular complexity index is 585. The predicted octanol–water partition coefficient (Wildman–Crippen LogP) is 1.87. The molecule has 25 heavy (non-hydrogen) atoms. The van der Waals surface area contributed by atoms with E-state index in [0.717, 1.165) is 37.1 Å². The Morgan fingerprint density at radius 1 is 1.40 bits per heavy atom. The quantitative estimate of drug-likeness (QED) is 0.407. The summed E-state index contributed by atoms with van der Waals surface area (Å²) in [7, 11) is 3.65. The average molecular weight is 346 g/mol. The lowest BCUT2D eigenvalue weighted by atomic mass is 10.1. The second-order valence-corrected chi connectivity index (χ2v) is 6.39. The smallest absolute Gasteiger partial charge is 0.251 e. The van der Waals surface area contributed by atoms with Crippen LogP contribution in [-0.4, -0.2) is 57.2 Å². The number of aliphatic imine (C=N–C) groups is 1. The Hall–Kier alpha value is -2.08. The van der Waals surface area contributed by atoms with Crippen molar-refractivity contribution in [3.8, 4) is 0 Å². The molecule has 1 aromatic carbocycles. The van der Waals surface area contributed by atoms with Gasteiger partial charge in [-0.2, -0.15) is 0 Å². The van der Waals surface area contributed by atoms with Crippen LogP contribution < -0.4 is 10.6 Å². The van der Waals surface area contributed by atoms with Gasteiger partial charge in [-0.3, -0.25) is 4.79 Å². The van der Waals surface area contributed by atoms with E-state index >= 15 is 0 Å². The third-order valence-corrected chi connectivity index (χ3v) is 4.15. The summed E-state index contributed by atoms with van der Waals surface area (Å²) >= 11 is 0. The number of ether oxygens (including phenoxy) is 1. The summed E-state index contributed by atoms with van der Waals surface area (Å²) in [4.78, 5) is 18.5. The molecule has 0 atom stereocenters. The van der Waals surface area contributed by atoms with Crippen LogP contribution in [0.1, 0.15) is 35.7 Å². The zero-order valence-corrected chi connectivity index (χ0v) is 15.5. The molecule has 138 valence electrons. The molecule has 1 aromatic rings. The van der Waals surface area contributed by atoms with Crippen molar-refractivity contribution in [2.45, 2.75) is 26.3 Å². The Morgan fingerprint density at radius 2 is 2.20 bits per heavy atom. The lowest BCUT2D eigenvalue weighted by Gasteiger charge is -2.22. The first kappa shape index (κ1) is 19.2. The number of amides is 1. The van der Waals surface area contributed by atoms with Gasteiger partial charge in [0.2, 0.25) is 0 Å². The van der Waals surface area contributed by atoms with E-state index in [9.17, 15) is 4.79 Å². The number of guanidine groups is 1. The van der Waals surface area contributed by atoms with Gasteiger partial charge in [-0.25, -0.2) is 4.99 Å². The Balaban J connectivity index is 1.89. The molecule has 0 unspecified atom stereocenters. The van der Waals surface area contributed by atoms with Crippen LogP contribution in [0.25, 0.3) is 0 Å². The van der Waals surface area contributed by atoms with Gasteiger partial charge in [0.1, 0.15) is 0 Å². The van der Waals surface area contributed by atoms with Gasteiger partial charge in [0, 0.05) is 39.4 Å². The van der Waals surface area contributed by atoms with Crippen LogP contribution in [-0.2, 0) is 11.3 Å². The maximum absolute atomic E-state index is 11.7. The molecule has 1 amide bonds. The lowest BCUT2D eigenvalue weighted by Crippen LogP contribution is -2.40. The number of hydrogen-bond acceptors (Lipinski definition) is 3. The summed E-state index contributed by atoms with van der Waals surface area (Å²) in [5, 5.41) is 5.95. The molecule has 0 radical (unpaired) electrons. The molecule has 1 aliphatic carbocycles. The van der Waals surface area contributed by atoms with Gasteiger partial charge in [0.05, 0.1) is 13.2 Å². The minimum Gasteiger partial charge on any atom is -0.379 e. The highest BCUT2D eigenvalue weighted by Crippen LogP contribution is 2.28. The first-order valence-corrected chi connectivity index (χ1v) is 9.02. The predicted molar refractivity (Wildman–Crippen MR) is 101 cm³/mol. The molecular weight excluding hydrogens is 316 g/mol. The number of hydrogen-bond donors (Lipinski definition) is 2. The molecule has 1 saturated carbocycles. The van der Waals surface area contributed by atoms with Crippen molar-refractivity contribution < 1.29 is 9.53 Å². The van der Waals surface area contributed by atoms with Crippen LogP contribution in [0.2, 0.25) is 0 Å². The second-order valence-electron chi connectivity index (χ2n) is 6.39. The number of carbonyl (C=O) groups is 1. The van der Waals surface area contributed by atoms with Gasteiger partial charge in [0.15, 0.2) is 5.96 Å². The zero-order chi connectivity index (χ0) is 18.1. The third-order valence-electron chi connectivity index (χ3n) is 4.15. The molecule has 0 aliphatic heterocycles. The molecule has 1 fully saturated rings. The number of nitrogens with one attached hydrogen (secondary N) is 2. The fraction of sp³-hybridized carbons (Fsp3) is 0.579. The van der Waals surface area contributed by atoms with Crippen LogP contribution in [0.15, 0.2) is 29.3 Å². The van der Waals surface area contributed by atoms with Gasteiger partial charge in [-0.15, -0.1) is 0 Å². The maximum atomic E-state index is 11.7. The van der Waals surface area contributed by atoms with Gasteiger partial charge in [0.25, 0.3) is 5.91 Å². The van der Waals surface area contributed by atoms with E-state index in [1.807, 2.05) is 25.2 Å². The molecule has 0 heterocycles. The maximum Gasteiger partial charge on any atom is 0.251 e. The second kappa shape index (κ2) is 10.0. The van der Waals surface area contributed by atoms with E-state index < -0.39 is 0 Å². The van der Waals surface area contributed by atoms with Crippen molar-refractivity contribution in [3.05, 3.63) is 35.4 Å². The highest BCUT2D eigenvalue weighted by molar-refractivity contribution is 5.94. The summed E-state index contributed by atoms with van der Waals surface area (Å²) in [6.45, 7) is 5.79. The topological polar surface area (TPSA) is 66.0 Å². The number of rotatable bonds is 9. The number of nitrogens with zero attached hydrogens (tertiary/aromatic N) is 2. The molecular formula is C19H30N4O2. The molecule has 0 bridgehead atoms. The summed E-state index contributed by atoms with van der Waals surface area (Å²) in [5.74, 6) is 1.56. The molecule has 0 spiro atoms. The van der Waals surface area contributed by atoms with Crippen molar-refractivity contribution in [1.29, 1.82) is 0 Å². The van der Waals surface area contributed by atoms with Crippen molar-refractivity contribution in [3.63, 3.8) is 0 Å². The largest absolute Gasteiger partial charge is 0.379 e. The highest BCUT2D eigenvalue weighted by Gasteiger charge is 2.21. The van der Waals surface area contributed by atoms with Crippen LogP contribution in [0.3, 0.4) is 0 Å². The van der Waals surface area contributed by atoms with Crippen molar-refractivity contribution in [2.24, 2.45) is 10.9 Å². The van der Waals surface area contributed by atoms with E-state index in [4.69, 9.17) is 4.74 Å². The minimum atomic E-state index is -0.0809. The normalized spacial score (nSPS) is 14.3. The van der Waals surface area contributed by atoms with Crippen LogP contribution in [0.5, 0.6) is 0 Å². The number of benzene rings is 1. The van der Waals surface area contributed by atoms with Crippen molar-refractivity contribution in [1.82, 2.24) is 15.5 Å². The monoisotopic (exact) mass is 346 g/mol. The van der Waals surface area contributed by atoms with Crippen LogP contribution in [0.4, 0.5) is 0 Å². The Morgan fingerprint density at radius 3 is 2.88 bits per heavy atom.